The molecule has 3 heterocycles. The molecule has 5 aromatic rings. The first-order chi connectivity index (χ1) is 13.6. The van der Waals surface area contributed by atoms with Crippen LogP contribution in [0.3, 0.4) is 0 Å². The first-order valence-electron chi connectivity index (χ1n) is 8.54. The second-order valence-electron chi connectivity index (χ2n) is 6.52. The quantitative estimate of drug-likeness (QED) is 0.437. The average Bonchev–Trinajstić information content (AvgIpc) is 3.10. The van der Waals surface area contributed by atoms with Gasteiger partial charge in [0.2, 0.25) is 0 Å². The van der Waals surface area contributed by atoms with Gasteiger partial charge in [0.05, 0.1) is 27.3 Å². The van der Waals surface area contributed by atoms with Crippen molar-refractivity contribution in [1.82, 2.24) is 19.3 Å². The maximum Gasteiger partial charge on any atom is 0.284 e. The topological polar surface area (TPSA) is 76.5 Å². The fourth-order valence-corrected chi connectivity index (χ4v) is 3.82. The van der Waals surface area contributed by atoms with Gasteiger partial charge in [-0.2, -0.15) is 10.4 Å². The van der Waals surface area contributed by atoms with E-state index in [4.69, 9.17) is 11.6 Å². The number of hydrogen-bond acceptors (Lipinski definition) is 4. The minimum Gasteiger partial charge on any atom is -0.274 e. The lowest BCUT2D eigenvalue weighted by Crippen LogP contribution is -2.20. The van der Waals surface area contributed by atoms with E-state index < -0.39 is 0 Å². The summed E-state index contributed by atoms with van der Waals surface area (Å²) in [5.41, 5.74) is 2.36. The highest BCUT2D eigenvalue weighted by atomic mass is 35.5. The monoisotopic (exact) mass is 385 g/mol. The standard InChI is InChI=1S/C21H12ClN5O/c1-26-11-15-14-8-13(10-23)16(22)9-18(14)27(21(28)20(15)25-26)17-6-2-4-12-5-3-7-24-19(12)17/h2-9,11H,1H3. The van der Waals surface area contributed by atoms with Crippen LogP contribution in [0.5, 0.6) is 0 Å². The number of aromatic nitrogens is 4. The molecule has 0 aliphatic heterocycles. The number of halogens is 1. The number of rotatable bonds is 1. The van der Waals surface area contributed by atoms with Crippen LogP contribution < -0.4 is 5.56 Å². The molecule has 0 bridgehead atoms. The molecule has 0 fully saturated rings. The number of nitriles is 1. The van der Waals surface area contributed by atoms with Crippen molar-refractivity contribution in [3.8, 4) is 11.8 Å². The van der Waals surface area contributed by atoms with Gasteiger partial charge >= 0.3 is 0 Å². The second kappa shape index (κ2) is 5.91. The number of hydrogen-bond donors (Lipinski definition) is 0. The number of para-hydroxylation sites is 1. The molecule has 0 spiro atoms. The summed E-state index contributed by atoms with van der Waals surface area (Å²) in [6.45, 7) is 0. The fraction of sp³-hybridized carbons (Fsp3) is 0.0476. The molecule has 6 nitrogen and oxygen atoms in total. The molecule has 0 unspecified atom stereocenters. The van der Waals surface area contributed by atoms with Crippen LogP contribution in [0.15, 0.2) is 59.7 Å². The van der Waals surface area contributed by atoms with Crippen molar-refractivity contribution in [1.29, 1.82) is 5.26 Å². The van der Waals surface area contributed by atoms with Gasteiger partial charge in [-0.05, 0) is 24.3 Å². The van der Waals surface area contributed by atoms with Crippen molar-refractivity contribution in [2.75, 3.05) is 0 Å². The summed E-state index contributed by atoms with van der Waals surface area (Å²) >= 11 is 6.32. The van der Waals surface area contributed by atoms with Gasteiger partial charge in [-0.1, -0.05) is 29.8 Å². The zero-order valence-corrected chi connectivity index (χ0v) is 15.5. The highest BCUT2D eigenvalue weighted by molar-refractivity contribution is 6.32. The Morgan fingerprint density at radius 2 is 1.93 bits per heavy atom. The van der Waals surface area contributed by atoms with Gasteiger partial charge in [0.1, 0.15) is 6.07 Å². The Bertz CT molecular complexity index is 1520. The van der Waals surface area contributed by atoms with Crippen LogP contribution in [0.1, 0.15) is 5.56 Å². The van der Waals surface area contributed by atoms with Gasteiger partial charge in [-0.25, -0.2) is 0 Å². The summed E-state index contributed by atoms with van der Waals surface area (Å²) in [6, 6.07) is 14.9. The molecule has 0 radical (unpaired) electrons. The van der Waals surface area contributed by atoms with Crippen molar-refractivity contribution < 1.29 is 0 Å². The van der Waals surface area contributed by atoms with Gasteiger partial charge in [0.25, 0.3) is 5.56 Å². The van der Waals surface area contributed by atoms with Crippen molar-refractivity contribution >= 4 is 44.3 Å². The Labute approximate surface area is 163 Å². The molecule has 3 aromatic heterocycles. The molecule has 0 saturated carbocycles. The number of pyridine rings is 2. The van der Waals surface area contributed by atoms with Crippen LogP contribution in [0.4, 0.5) is 0 Å². The first-order valence-corrected chi connectivity index (χ1v) is 8.92. The van der Waals surface area contributed by atoms with Crippen LogP contribution in [0.2, 0.25) is 5.02 Å². The van der Waals surface area contributed by atoms with E-state index in [0.717, 1.165) is 10.8 Å². The molecular formula is C21H12ClN5O. The van der Waals surface area contributed by atoms with Crippen LogP contribution in [-0.4, -0.2) is 19.3 Å². The SMILES string of the molecule is Cn1cc2c(n1)c(=O)n(-c1cccc3cccnc13)c1cc(Cl)c(C#N)cc21. The predicted molar refractivity (Wildman–Crippen MR) is 109 cm³/mol. The van der Waals surface area contributed by atoms with Crippen molar-refractivity contribution in [2.24, 2.45) is 7.05 Å². The number of fused-ring (bicyclic) bond motifs is 4. The average molecular weight is 386 g/mol. The summed E-state index contributed by atoms with van der Waals surface area (Å²) in [6.07, 6.45) is 3.47. The largest absolute Gasteiger partial charge is 0.284 e. The fourth-order valence-electron chi connectivity index (χ4n) is 3.62. The maximum atomic E-state index is 13.4. The molecular weight excluding hydrogens is 374 g/mol. The zero-order valence-electron chi connectivity index (χ0n) is 14.7. The minimum atomic E-state index is -0.262. The van der Waals surface area contributed by atoms with Crippen LogP contribution in [0.25, 0.3) is 38.4 Å². The van der Waals surface area contributed by atoms with Crippen molar-refractivity contribution in [2.45, 2.75) is 0 Å². The lowest BCUT2D eigenvalue weighted by atomic mass is 10.1. The lowest BCUT2D eigenvalue weighted by molar-refractivity contribution is 0.777. The smallest absolute Gasteiger partial charge is 0.274 e. The van der Waals surface area contributed by atoms with E-state index in [1.54, 1.807) is 40.8 Å². The van der Waals surface area contributed by atoms with Gasteiger partial charge in [-0.15, -0.1) is 0 Å². The molecule has 134 valence electrons. The molecule has 0 N–H and O–H groups in total. The normalized spacial score (nSPS) is 11.3. The minimum absolute atomic E-state index is 0.262. The Morgan fingerprint density at radius 1 is 1.11 bits per heavy atom. The molecule has 0 saturated heterocycles. The first kappa shape index (κ1) is 16.5. The third-order valence-corrected chi connectivity index (χ3v) is 5.14. The molecule has 7 heteroatoms. The highest BCUT2D eigenvalue weighted by Crippen LogP contribution is 2.31. The van der Waals surface area contributed by atoms with E-state index in [2.05, 4.69) is 16.2 Å². The summed E-state index contributed by atoms with van der Waals surface area (Å²) in [5, 5.41) is 16.4. The van der Waals surface area contributed by atoms with Crippen molar-refractivity contribution in [3.05, 3.63) is 75.8 Å². The molecule has 2 aromatic carbocycles. The van der Waals surface area contributed by atoms with E-state index in [1.165, 1.54) is 0 Å². The summed E-state index contributed by atoms with van der Waals surface area (Å²) in [5.74, 6) is 0. The van der Waals surface area contributed by atoms with E-state index in [9.17, 15) is 10.1 Å². The highest BCUT2D eigenvalue weighted by Gasteiger charge is 2.18. The molecule has 28 heavy (non-hydrogen) atoms. The number of benzene rings is 2. The summed E-state index contributed by atoms with van der Waals surface area (Å²) in [4.78, 5) is 17.9. The molecule has 5 rings (SSSR count). The third-order valence-electron chi connectivity index (χ3n) is 4.82. The van der Waals surface area contributed by atoms with Gasteiger partial charge in [-0.3, -0.25) is 19.0 Å². The molecule has 0 amide bonds. The second-order valence-corrected chi connectivity index (χ2v) is 6.93. The Hall–Kier alpha value is -3.69. The van der Waals surface area contributed by atoms with E-state index in [-0.39, 0.29) is 5.56 Å². The van der Waals surface area contributed by atoms with E-state index in [0.29, 0.717) is 38.2 Å². The van der Waals surface area contributed by atoms with Crippen molar-refractivity contribution in [3.63, 3.8) is 0 Å². The van der Waals surface area contributed by atoms with E-state index >= 15 is 0 Å². The molecule has 0 aliphatic carbocycles. The van der Waals surface area contributed by atoms with Crippen LogP contribution in [-0.2, 0) is 7.05 Å². The number of nitrogens with zero attached hydrogens (tertiary/aromatic N) is 5. The van der Waals surface area contributed by atoms with Gasteiger partial charge in [0.15, 0.2) is 5.52 Å². The maximum absolute atomic E-state index is 13.4. The zero-order chi connectivity index (χ0) is 19.4. The van der Waals surface area contributed by atoms with Gasteiger partial charge in [0, 0.05) is 35.6 Å². The van der Waals surface area contributed by atoms with Gasteiger partial charge < -0.3 is 0 Å². The Morgan fingerprint density at radius 3 is 2.75 bits per heavy atom. The lowest BCUT2D eigenvalue weighted by Gasteiger charge is -2.13. The predicted octanol–water partition coefficient (Wildman–Crippen LogP) is 3.95. The Kier molecular flexibility index (Phi) is 3.48. The summed E-state index contributed by atoms with van der Waals surface area (Å²) in [7, 11) is 1.76. The van der Waals surface area contributed by atoms with Crippen LogP contribution >= 0.6 is 11.6 Å². The molecule has 0 aliphatic rings. The number of aryl methyl sites for hydroxylation is 1. The van der Waals surface area contributed by atoms with E-state index in [1.807, 2.05) is 30.3 Å². The molecule has 0 atom stereocenters. The third kappa shape index (κ3) is 2.24. The Balaban J connectivity index is 2.06. The van der Waals surface area contributed by atoms with Crippen LogP contribution in [0, 0.1) is 11.3 Å². The summed E-state index contributed by atoms with van der Waals surface area (Å²) < 4.78 is 3.17.